The van der Waals surface area contributed by atoms with Crippen molar-refractivity contribution in [3.63, 3.8) is 0 Å². The topological polar surface area (TPSA) is 31.6 Å². The highest BCUT2D eigenvalue weighted by Crippen LogP contribution is 2.36. The highest BCUT2D eigenvalue weighted by molar-refractivity contribution is 6.37. The van der Waals surface area contributed by atoms with Gasteiger partial charge in [0.2, 0.25) is 0 Å². The molecular weight excluding hydrogens is 252 g/mol. The minimum atomic E-state index is 0.183. The Balaban J connectivity index is 2.22. The van der Waals surface area contributed by atoms with Crippen molar-refractivity contribution in [2.24, 2.45) is 0 Å². The van der Waals surface area contributed by atoms with E-state index in [-0.39, 0.29) is 6.79 Å². The van der Waals surface area contributed by atoms with Crippen LogP contribution in [-0.2, 0) is 4.74 Å². The van der Waals surface area contributed by atoms with Crippen LogP contribution in [0.2, 0.25) is 5.02 Å². The Kier molecular flexibility index (Phi) is 2.86. The van der Waals surface area contributed by atoms with E-state index in [2.05, 4.69) is 0 Å². The van der Waals surface area contributed by atoms with Gasteiger partial charge in [0, 0.05) is 23.9 Å². The first kappa shape index (κ1) is 11.4. The molecule has 1 aromatic heterocycles. The Bertz CT molecular complexity index is 703. The summed E-state index contributed by atoms with van der Waals surface area (Å²) in [5, 5.41) is 2.54. The number of hydrogen-bond acceptors (Lipinski definition) is 3. The third-order valence-electron chi connectivity index (χ3n) is 2.75. The molecule has 0 spiro atoms. The highest BCUT2D eigenvalue weighted by Gasteiger charge is 2.11. The zero-order chi connectivity index (χ0) is 12.5. The van der Waals surface area contributed by atoms with Gasteiger partial charge in [0.25, 0.3) is 0 Å². The molecule has 3 aromatic rings. The minimum absolute atomic E-state index is 0.183. The molecule has 0 bridgehead atoms. The molecule has 0 saturated heterocycles. The predicted molar refractivity (Wildman–Crippen MR) is 71.2 cm³/mol. The number of furan rings is 1. The van der Waals surface area contributed by atoms with Crippen molar-refractivity contribution in [3.8, 4) is 5.75 Å². The molecule has 92 valence electrons. The summed E-state index contributed by atoms with van der Waals surface area (Å²) in [6.07, 6.45) is 0. The summed E-state index contributed by atoms with van der Waals surface area (Å²) in [5.74, 6) is 0.633. The SMILES string of the molecule is COCOc1cc(Cl)c2c(c1)oc1ccccc12. The largest absolute Gasteiger partial charge is 0.467 e. The molecule has 0 atom stereocenters. The molecule has 4 heteroatoms. The monoisotopic (exact) mass is 262 g/mol. The molecule has 0 fully saturated rings. The molecule has 18 heavy (non-hydrogen) atoms. The number of fused-ring (bicyclic) bond motifs is 3. The second-order valence-corrected chi connectivity index (χ2v) is 4.33. The van der Waals surface area contributed by atoms with E-state index in [1.807, 2.05) is 30.3 Å². The molecule has 0 unspecified atom stereocenters. The zero-order valence-corrected chi connectivity index (χ0v) is 10.5. The number of para-hydroxylation sites is 1. The van der Waals surface area contributed by atoms with E-state index in [4.69, 9.17) is 25.5 Å². The van der Waals surface area contributed by atoms with Crippen molar-refractivity contribution in [3.05, 3.63) is 41.4 Å². The molecular formula is C14H11ClO3. The lowest BCUT2D eigenvalue weighted by Gasteiger charge is -2.04. The van der Waals surface area contributed by atoms with Gasteiger partial charge in [-0.05, 0) is 12.1 Å². The quantitative estimate of drug-likeness (QED) is 0.662. The summed E-state index contributed by atoms with van der Waals surface area (Å²) in [6, 6.07) is 11.4. The molecule has 2 aromatic carbocycles. The third kappa shape index (κ3) is 1.82. The van der Waals surface area contributed by atoms with Gasteiger partial charge in [0.1, 0.15) is 16.9 Å². The average Bonchev–Trinajstić information content (AvgIpc) is 2.74. The second kappa shape index (κ2) is 4.52. The van der Waals surface area contributed by atoms with Crippen LogP contribution in [0.3, 0.4) is 0 Å². The first-order valence-electron chi connectivity index (χ1n) is 5.52. The number of ether oxygens (including phenoxy) is 2. The summed E-state index contributed by atoms with van der Waals surface area (Å²) < 4.78 is 16.0. The lowest BCUT2D eigenvalue weighted by atomic mass is 10.1. The van der Waals surface area contributed by atoms with Gasteiger partial charge in [-0.15, -0.1) is 0 Å². The standard InChI is InChI=1S/C14H11ClO3/c1-16-8-17-9-6-11(15)14-10-4-2-3-5-12(10)18-13(14)7-9/h2-7H,8H2,1H3. The number of halogens is 1. The molecule has 0 radical (unpaired) electrons. The van der Waals surface area contributed by atoms with Gasteiger partial charge in [-0.3, -0.25) is 0 Å². The summed E-state index contributed by atoms with van der Waals surface area (Å²) in [4.78, 5) is 0. The van der Waals surface area contributed by atoms with E-state index in [0.717, 1.165) is 21.9 Å². The number of hydrogen-bond donors (Lipinski definition) is 0. The summed E-state index contributed by atoms with van der Waals surface area (Å²) in [7, 11) is 1.57. The normalized spacial score (nSPS) is 11.2. The second-order valence-electron chi connectivity index (χ2n) is 3.93. The van der Waals surface area contributed by atoms with Gasteiger partial charge in [0.05, 0.1) is 5.02 Å². The van der Waals surface area contributed by atoms with Crippen LogP contribution in [-0.4, -0.2) is 13.9 Å². The van der Waals surface area contributed by atoms with E-state index in [1.54, 1.807) is 13.2 Å². The number of methoxy groups -OCH3 is 1. The zero-order valence-electron chi connectivity index (χ0n) is 9.77. The van der Waals surface area contributed by atoms with Crippen LogP contribution in [0.1, 0.15) is 0 Å². The molecule has 0 aliphatic heterocycles. The molecule has 3 rings (SSSR count). The van der Waals surface area contributed by atoms with Crippen molar-refractivity contribution in [1.29, 1.82) is 0 Å². The molecule has 1 heterocycles. The van der Waals surface area contributed by atoms with Gasteiger partial charge in [0.15, 0.2) is 6.79 Å². The van der Waals surface area contributed by atoms with E-state index in [9.17, 15) is 0 Å². The fraction of sp³-hybridized carbons (Fsp3) is 0.143. The Hall–Kier alpha value is -1.71. The number of benzene rings is 2. The smallest absolute Gasteiger partial charge is 0.188 e. The van der Waals surface area contributed by atoms with E-state index < -0.39 is 0 Å². The lowest BCUT2D eigenvalue weighted by Crippen LogP contribution is -1.98. The van der Waals surface area contributed by atoms with Crippen LogP contribution in [0.15, 0.2) is 40.8 Å². The van der Waals surface area contributed by atoms with Crippen LogP contribution in [0, 0.1) is 0 Å². The molecule has 3 nitrogen and oxygen atoms in total. The van der Waals surface area contributed by atoms with Crippen LogP contribution in [0.4, 0.5) is 0 Å². The average molecular weight is 263 g/mol. The molecule has 0 amide bonds. The van der Waals surface area contributed by atoms with Crippen molar-refractivity contribution >= 4 is 33.5 Å². The minimum Gasteiger partial charge on any atom is -0.467 e. The summed E-state index contributed by atoms with van der Waals surface area (Å²) >= 11 is 6.28. The Labute approximate surface area is 109 Å². The lowest BCUT2D eigenvalue weighted by molar-refractivity contribution is 0.0512. The molecule has 0 saturated carbocycles. The van der Waals surface area contributed by atoms with Crippen molar-refractivity contribution in [1.82, 2.24) is 0 Å². The van der Waals surface area contributed by atoms with E-state index in [0.29, 0.717) is 10.8 Å². The molecule has 0 N–H and O–H groups in total. The Morgan fingerprint density at radius 1 is 1.17 bits per heavy atom. The molecule has 0 aliphatic rings. The van der Waals surface area contributed by atoms with Gasteiger partial charge < -0.3 is 13.9 Å². The van der Waals surface area contributed by atoms with E-state index >= 15 is 0 Å². The molecule has 0 aliphatic carbocycles. The van der Waals surface area contributed by atoms with Crippen LogP contribution in [0.25, 0.3) is 21.9 Å². The van der Waals surface area contributed by atoms with Crippen LogP contribution < -0.4 is 4.74 Å². The fourth-order valence-corrected chi connectivity index (χ4v) is 2.29. The fourth-order valence-electron chi connectivity index (χ4n) is 1.99. The maximum atomic E-state index is 6.28. The predicted octanol–water partition coefficient (Wildman–Crippen LogP) is 4.22. The summed E-state index contributed by atoms with van der Waals surface area (Å²) in [5.41, 5.74) is 1.54. The van der Waals surface area contributed by atoms with Crippen molar-refractivity contribution in [2.45, 2.75) is 0 Å². The third-order valence-corrected chi connectivity index (χ3v) is 3.05. The van der Waals surface area contributed by atoms with Crippen LogP contribution >= 0.6 is 11.6 Å². The number of rotatable bonds is 3. The maximum Gasteiger partial charge on any atom is 0.188 e. The van der Waals surface area contributed by atoms with Crippen molar-refractivity contribution < 1.29 is 13.9 Å². The van der Waals surface area contributed by atoms with Crippen molar-refractivity contribution in [2.75, 3.05) is 13.9 Å². The highest BCUT2D eigenvalue weighted by atomic mass is 35.5. The Morgan fingerprint density at radius 3 is 2.83 bits per heavy atom. The summed E-state index contributed by atoms with van der Waals surface area (Å²) in [6.45, 7) is 0.183. The van der Waals surface area contributed by atoms with Gasteiger partial charge in [-0.1, -0.05) is 29.8 Å². The first-order chi connectivity index (χ1) is 8.79. The van der Waals surface area contributed by atoms with Gasteiger partial charge >= 0.3 is 0 Å². The maximum absolute atomic E-state index is 6.28. The van der Waals surface area contributed by atoms with E-state index in [1.165, 1.54) is 0 Å². The Morgan fingerprint density at radius 2 is 2.00 bits per heavy atom. The first-order valence-corrected chi connectivity index (χ1v) is 5.90. The van der Waals surface area contributed by atoms with Gasteiger partial charge in [-0.25, -0.2) is 0 Å². The van der Waals surface area contributed by atoms with Crippen LogP contribution in [0.5, 0.6) is 5.75 Å². The van der Waals surface area contributed by atoms with Gasteiger partial charge in [-0.2, -0.15) is 0 Å².